The van der Waals surface area contributed by atoms with E-state index < -0.39 is 0 Å². The van der Waals surface area contributed by atoms with Gasteiger partial charge in [0.1, 0.15) is 0 Å². The summed E-state index contributed by atoms with van der Waals surface area (Å²) in [6.45, 7) is 0. The molecule has 2 heteroatoms. The number of hydrogen-bond acceptors (Lipinski definition) is 2. The molecule has 0 spiro atoms. The first kappa shape index (κ1) is 12.9. The first-order valence-electron chi connectivity index (χ1n) is 8.42. The molecule has 0 unspecified atom stereocenters. The SMILES string of the molecule is C1CC2CCCC(C1)N2.C1CC2CCCC(C1)N2. The molecule has 4 heterocycles. The molecule has 4 aliphatic rings. The van der Waals surface area contributed by atoms with E-state index in [2.05, 4.69) is 10.6 Å². The van der Waals surface area contributed by atoms with Crippen molar-refractivity contribution >= 4 is 0 Å². The maximum Gasteiger partial charge on any atom is 0.00696 e. The molecule has 4 bridgehead atoms. The number of fused-ring (bicyclic) bond motifs is 4. The van der Waals surface area contributed by atoms with Crippen LogP contribution in [-0.4, -0.2) is 24.2 Å². The average molecular weight is 250 g/mol. The maximum absolute atomic E-state index is 3.65. The number of rotatable bonds is 0. The van der Waals surface area contributed by atoms with Gasteiger partial charge in [0.2, 0.25) is 0 Å². The minimum Gasteiger partial charge on any atom is -0.311 e. The van der Waals surface area contributed by atoms with Gasteiger partial charge in [-0.05, 0) is 51.4 Å². The highest BCUT2D eigenvalue weighted by atomic mass is 15.0. The molecule has 4 aliphatic heterocycles. The summed E-state index contributed by atoms with van der Waals surface area (Å²) in [5.41, 5.74) is 0. The van der Waals surface area contributed by atoms with Gasteiger partial charge in [-0.15, -0.1) is 0 Å². The molecule has 2 N–H and O–H groups in total. The third-order valence-corrected chi connectivity index (χ3v) is 5.36. The van der Waals surface area contributed by atoms with Crippen LogP contribution in [-0.2, 0) is 0 Å². The van der Waals surface area contributed by atoms with Gasteiger partial charge in [-0.2, -0.15) is 0 Å². The molecular formula is C16H30N2. The van der Waals surface area contributed by atoms with Crippen molar-refractivity contribution in [3.8, 4) is 0 Å². The van der Waals surface area contributed by atoms with Crippen LogP contribution in [0.3, 0.4) is 0 Å². The molecule has 4 fully saturated rings. The Morgan fingerprint density at radius 1 is 0.389 bits per heavy atom. The van der Waals surface area contributed by atoms with Gasteiger partial charge in [-0.1, -0.05) is 25.7 Å². The standard InChI is InChI=1S/2C8H15N/c2*1-3-7-5-2-6-8(4-1)9-7/h2*7-9H,1-6H2. The highest BCUT2D eigenvalue weighted by molar-refractivity contribution is 4.85. The van der Waals surface area contributed by atoms with Gasteiger partial charge in [0.05, 0.1) is 0 Å². The molecule has 0 saturated carbocycles. The van der Waals surface area contributed by atoms with Gasteiger partial charge in [-0.3, -0.25) is 0 Å². The molecule has 0 amide bonds. The number of hydrogen-bond donors (Lipinski definition) is 2. The molecule has 0 aromatic rings. The second-order valence-corrected chi connectivity index (χ2v) is 6.84. The van der Waals surface area contributed by atoms with Crippen molar-refractivity contribution in [2.75, 3.05) is 0 Å². The Morgan fingerprint density at radius 2 is 0.611 bits per heavy atom. The fourth-order valence-electron chi connectivity index (χ4n) is 4.35. The zero-order valence-electron chi connectivity index (χ0n) is 11.8. The predicted octanol–water partition coefficient (Wildman–Crippen LogP) is 3.36. The Hall–Kier alpha value is -0.0800. The first-order chi connectivity index (χ1) is 8.90. The fourth-order valence-corrected chi connectivity index (χ4v) is 4.35. The molecule has 0 aromatic heterocycles. The van der Waals surface area contributed by atoms with E-state index in [0.717, 1.165) is 24.2 Å². The van der Waals surface area contributed by atoms with Gasteiger partial charge in [-0.25, -0.2) is 0 Å². The minimum absolute atomic E-state index is 0.900. The van der Waals surface area contributed by atoms with E-state index in [-0.39, 0.29) is 0 Å². The van der Waals surface area contributed by atoms with Crippen molar-refractivity contribution in [2.24, 2.45) is 0 Å². The quantitative estimate of drug-likeness (QED) is 0.689. The first-order valence-corrected chi connectivity index (χ1v) is 8.42. The lowest BCUT2D eigenvalue weighted by Gasteiger charge is -2.35. The Bertz CT molecular complexity index is 187. The second kappa shape index (κ2) is 6.38. The van der Waals surface area contributed by atoms with Gasteiger partial charge in [0.25, 0.3) is 0 Å². The van der Waals surface area contributed by atoms with E-state index in [1.807, 2.05) is 0 Å². The van der Waals surface area contributed by atoms with Gasteiger partial charge >= 0.3 is 0 Å². The van der Waals surface area contributed by atoms with E-state index >= 15 is 0 Å². The summed E-state index contributed by atoms with van der Waals surface area (Å²) < 4.78 is 0. The maximum atomic E-state index is 3.65. The lowest BCUT2D eigenvalue weighted by Crippen LogP contribution is -2.45. The fraction of sp³-hybridized carbons (Fsp3) is 1.00. The smallest absolute Gasteiger partial charge is 0.00696 e. The summed E-state index contributed by atoms with van der Waals surface area (Å²) in [5.74, 6) is 0. The highest BCUT2D eigenvalue weighted by Gasteiger charge is 2.24. The third kappa shape index (κ3) is 3.48. The van der Waals surface area contributed by atoms with Crippen molar-refractivity contribution < 1.29 is 0 Å². The van der Waals surface area contributed by atoms with Crippen LogP contribution in [0.5, 0.6) is 0 Å². The summed E-state index contributed by atoms with van der Waals surface area (Å²) in [4.78, 5) is 0. The molecule has 4 rings (SSSR count). The highest BCUT2D eigenvalue weighted by Crippen LogP contribution is 2.25. The van der Waals surface area contributed by atoms with Crippen molar-refractivity contribution in [2.45, 2.75) is 101 Å². The Labute approximate surface area is 112 Å². The van der Waals surface area contributed by atoms with Gasteiger partial charge in [0, 0.05) is 24.2 Å². The summed E-state index contributed by atoms with van der Waals surface area (Å²) in [6.07, 6.45) is 17.4. The van der Waals surface area contributed by atoms with Crippen LogP contribution in [0.15, 0.2) is 0 Å². The normalized spacial score (nSPS) is 42.7. The van der Waals surface area contributed by atoms with E-state index in [0.29, 0.717) is 0 Å². The molecule has 0 atom stereocenters. The number of nitrogens with one attached hydrogen (secondary N) is 2. The van der Waals surface area contributed by atoms with Crippen LogP contribution in [0, 0.1) is 0 Å². The van der Waals surface area contributed by atoms with Crippen molar-refractivity contribution in [1.82, 2.24) is 10.6 Å². The minimum atomic E-state index is 0.900. The van der Waals surface area contributed by atoms with E-state index in [1.165, 1.54) is 77.0 Å². The van der Waals surface area contributed by atoms with E-state index in [1.54, 1.807) is 0 Å². The van der Waals surface area contributed by atoms with Crippen LogP contribution in [0.25, 0.3) is 0 Å². The molecule has 104 valence electrons. The van der Waals surface area contributed by atoms with Crippen LogP contribution < -0.4 is 10.6 Å². The lowest BCUT2D eigenvalue weighted by molar-refractivity contribution is 0.243. The topological polar surface area (TPSA) is 24.1 Å². The van der Waals surface area contributed by atoms with Gasteiger partial charge in [0.15, 0.2) is 0 Å². The summed E-state index contributed by atoms with van der Waals surface area (Å²) in [6, 6.07) is 3.60. The Morgan fingerprint density at radius 3 is 0.778 bits per heavy atom. The van der Waals surface area contributed by atoms with Crippen LogP contribution in [0.2, 0.25) is 0 Å². The predicted molar refractivity (Wildman–Crippen MR) is 76.8 cm³/mol. The second-order valence-electron chi connectivity index (χ2n) is 6.84. The van der Waals surface area contributed by atoms with Crippen molar-refractivity contribution in [1.29, 1.82) is 0 Å². The Balaban J connectivity index is 0.000000111. The Kier molecular flexibility index (Phi) is 4.58. The molecule has 0 aromatic carbocycles. The van der Waals surface area contributed by atoms with Crippen molar-refractivity contribution in [3.63, 3.8) is 0 Å². The van der Waals surface area contributed by atoms with Crippen LogP contribution >= 0.6 is 0 Å². The molecule has 2 nitrogen and oxygen atoms in total. The van der Waals surface area contributed by atoms with Crippen molar-refractivity contribution in [3.05, 3.63) is 0 Å². The summed E-state index contributed by atoms with van der Waals surface area (Å²) in [5, 5.41) is 7.31. The van der Waals surface area contributed by atoms with Crippen LogP contribution in [0.1, 0.15) is 77.0 Å². The lowest BCUT2D eigenvalue weighted by atomic mass is 9.87. The third-order valence-electron chi connectivity index (χ3n) is 5.36. The molecule has 0 radical (unpaired) electrons. The summed E-state index contributed by atoms with van der Waals surface area (Å²) >= 11 is 0. The van der Waals surface area contributed by atoms with E-state index in [4.69, 9.17) is 0 Å². The molecule has 4 saturated heterocycles. The average Bonchev–Trinajstić information content (AvgIpc) is 2.40. The molecule has 0 aliphatic carbocycles. The molecular weight excluding hydrogens is 220 g/mol. The summed E-state index contributed by atoms with van der Waals surface area (Å²) in [7, 11) is 0. The van der Waals surface area contributed by atoms with E-state index in [9.17, 15) is 0 Å². The largest absolute Gasteiger partial charge is 0.311 e. The number of piperidine rings is 4. The molecule has 18 heavy (non-hydrogen) atoms. The zero-order chi connectivity index (χ0) is 12.2. The monoisotopic (exact) mass is 250 g/mol. The van der Waals surface area contributed by atoms with Gasteiger partial charge < -0.3 is 10.6 Å². The zero-order valence-corrected chi connectivity index (χ0v) is 11.8. The van der Waals surface area contributed by atoms with Crippen LogP contribution in [0.4, 0.5) is 0 Å².